The fourth-order valence-corrected chi connectivity index (χ4v) is 3.35. The van der Waals surface area contributed by atoms with Gasteiger partial charge in [-0.1, -0.05) is 12.1 Å². The van der Waals surface area contributed by atoms with Crippen LogP contribution >= 0.6 is 0 Å². The minimum absolute atomic E-state index is 0.0248. The normalized spacial score (nSPS) is 22.4. The first-order valence-corrected chi connectivity index (χ1v) is 8.28. The van der Waals surface area contributed by atoms with E-state index in [2.05, 4.69) is 0 Å². The summed E-state index contributed by atoms with van der Waals surface area (Å²) >= 11 is 0. The van der Waals surface area contributed by atoms with Crippen molar-refractivity contribution in [2.45, 2.75) is 12.6 Å². The van der Waals surface area contributed by atoms with E-state index in [1.54, 1.807) is 24.3 Å². The van der Waals surface area contributed by atoms with Crippen molar-refractivity contribution in [2.75, 3.05) is 31.1 Å². The number of nitrogens with zero attached hydrogens (tertiary/aromatic N) is 2. The van der Waals surface area contributed by atoms with E-state index in [1.807, 2.05) is 0 Å². The summed E-state index contributed by atoms with van der Waals surface area (Å²) in [5.74, 6) is -5.85. The van der Waals surface area contributed by atoms with Crippen molar-refractivity contribution in [2.24, 2.45) is 11.8 Å². The second-order valence-corrected chi connectivity index (χ2v) is 6.44. The number of fused-ring (bicyclic) bond motifs is 1. The number of likely N-dealkylation sites (tertiary alicyclic amines) is 1. The van der Waals surface area contributed by atoms with E-state index in [4.69, 9.17) is 9.84 Å². The van der Waals surface area contributed by atoms with Crippen LogP contribution in [0.5, 0.6) is 5.75 Å². The Morgan fingerprint density at radius 1 is 1.22 bits per heavy atom. The molecule has 2 heterocycles. The van der Waals surface area contributed by atoms with Crippen LogP contribution in [0.25, 0.3) is 0 Å². The molecule has 3 rings (SSSR count). The summed E-state index contributed by atoms with van der Waals surface area (Å²) < 4.78 is 44.4. The fourth-order valence-electron chi connectivity index (χ4n) is 3.35. The summed E-state index contributed by atoms with van der Waals surface area (Å²) in [5, 5.41) is 9.02. The molecular formula is C17H17F3N2O5. The molecule has 1 aromatic carbocycles. The zero-order valence-corrected chi connectivity index (χ0v) is 14.1. The van der Waals surface area contributed by atoms with Crippen molar-refractivity contribution in [3.05, 3.63) is 24.3 Å². The van der Waals surface area contributed by atoms with Gasteiger partial charge in [-0.05, 0) is 12.1 Å². The summed E-state index contributed by atoms with van der Waals surface area (Å²) in [4.78, 5) is 37.8. The molecule has 0 spiro atoms. The number of aliphatic carboxylic acids is 1. The molecule has 10 heteroatoms. The summed E-state index contributed by atoms with van der Waals surface area (Å²) in [6.07, 6.45) is -4.91. The molecule has 0 aliphatic carbocycles. The van der Waals surface area contributed by atoms with E-state index in [0.29, 0.717) is 11.4 Å². The lowest BCUT2D eigenvalue weighted by Crippen LogP contribution is -2.41. The molecule has 1 aromatic rings. The predicted octanol–water partition coefficient (Wildman–Crippen LogP) is 1.52. The average Bonchev–Trinajstić information content (AvgIpc) is 3.07. The highest BCUT2D eigenvalue weighted by molar-refractivity contribution is 5.98. The topological polar surface area (TPSA) is 87.2 Å². The standard InChI is InChI=1S/C17H17F3N2O5/c18-17(19,20)11-8-21(7-10(11)16(25)26)14(23)5-6-22-12-3-1-2-4-13(12)27-9-15(22)24/h1-4,10-11H,5-9H2,(H,25,26)/t10-,11-/m1/s1. The Morgan fingerprint density at radius 2 is 1.93 bits per heavy atom. The Bertz CT molecular complexity index is 767. The first kappa shape index (κ1) is 19.0. The van der Waals surface area contributed by atoms with Gasteiger partial charge in [0, 0.05) is 26.1 Å². The number of carbonyl (C=O) groups excluding carboxylic acids is 2. The molecule has 2 amide bonds. The largest absolute Gasteiger partial charge is 0.482 e. The third-order valence-corrected chi connectivity index (χ3v) is 4.77. The Labute approximate surface area is 152 Å². The van der Waals surface area contributed by atoms with Crippen LogP contribution in [0.3, 0.4) is 0 Å². The average molecular weight is 386 g/mol. The van der Waals surface area contributed by atoms with Gasteiger partial charge >= 0.3 is 12.1 Å². The maximum Gasteiger partial charge on any atom is 0.394 e. The van der Waals surface area contributed by atoms with Crippen molar-refractivity contribution >= 4 is 23.5 Å². The number of ether oxygens (including phenoxy) is 1. The number of para-hydroxylation sites is 2. The van der Waals surface area contributed by atoms with Crippen molar-refractivity contribution in [3.63, 3.8) is 0 Å². The highest BCUT2D eigenvalue weighted by atomic mass is 19.4. The molecule has 27 heavy (non-hydrogen) atoms. The molecule has 2 aliphatic heterocycles. The van der Waals surface area contributed by atoms with Gasteiger partial charge in [0.2, 0.25) is 5.91 Å². The summed E-state index contributed by atoms with van der Waals surface area (Å²) in [6, 6.07) is 6.74. The van der Waals surface area contributed by atoms with Gasteiger partial charge in [0.05, 0.1) is 17.5 Å². The van der Waals surface area contributed by atoms with Crippen molar-refractivity contribution in [3.8, 4) is 5.75 Å². The Balaban J connectivity index is 1.66. The predicted molar refractivity (Wildman–Crippen MR) is 86.2 cm³/mol. The zero-order valence-electron chi connectivity index (χ0n) is 14.1. The van der Waals surface area contributed by atoms with Gasteiger partial charge in [-0.15, -0.1) is 0 Å². The number of rotatable bonds is 4. The number of halogens is 3. The maximum atomic E-state index is 13.0. The Hall–Kier alpha value is -2.78. The first-order valence-electron chi connectivity index (χ1n) is 8.28. The molecule has 1 N–H and O–H groups in total. The van der Waals surface area contributed by atoms with Crippen molar-refractivity contribution in [1.29, 1.82) is 0 Å². The van der Waals surface area contributed by atoms with Gasteiger partial charge in [0.25, 0.3) is 5.91 Å². The highest BCUT2D eigenvalue weighted by Gasteiger charge is 2.53. The van der Waals surface area contributed by atoms with Crippen LogP contribution in [0, 0.1) is 11.8 Å². The van der Waals surface area contributed by atoms with Crippen LogP contribution in [0.2, 0.25) is 0 Å². The van der Waals surface area contributed by atoms with Crippen molar-refractivity contribution in [1.82, 2.24) is 4.90 Å². The number of carboxylic acid groups (broad SMARTS) is 1. The Kier molecular flexibility index (Phi) is 4.99. The van der Waals surface area contributed by atoms with Crippen LogP contribution in [0.4, 0.5) is 18.9 Å². The van der Waals surface area contributed by atoms with Crippen LogP contribution < -0.4 is 9.64 Å². The van der Waals surface area contributed by atoms with E-state index in [0.717, 1.165) is 4.90 Å². The second kappa shape index (κ2) is 7.09. The molecule has 0 saturated carbocycles. The molecule has 7 nitrogen and oxygen atoms in total. The smallest absolute Gasteiger partial charge is 0.394 e. The molecule has 0 bridgehead atoms. The molecule has 1 saturated heterocycles. The van der Waals surface area contributed by atoms with Gasteiger partial charge in [-0.3, -0.25) is 14.4 Å². The molecule has 0 aromatic heterocycles. The van der Waals surface area contributed by atoms with Gasteiger partial charge in [-0.2, -0.15) is 13.2 Å². The number of carbonyl (C=O) groups is 3. The molecule has 2 atom stereocenters. The lowest BCUT2D eigenvalue weighted by molar-refractivity contribution is -0.188. The number of hydrogen-bond donors (Lipinski definition) is 1. The minimum atomic E-state index is -4.70. The molecular weight excluding hydrogens is 369 g/mol. The van der Waals surface area contributed by atoms with Crippen LogP contribution in [-0.4, -0.2) is 60.2 Å². The molecule has 0 unspecified atom stereocenters. The van der Waals surface area contributed by atoms with Gasteiger partial charge in [-0.25, -0.2) is 0 Å². The van der Waals surface area contributed by atoms with Gasteiger partial charge < -0.3 is 19.6 Å². The monoisotopic (exact) mass is 386 g/mol. The number of benzene rings is 1. The molecule has 0 radical (unpaired) electrons. The molecule has 1 fully saturated rings. The summed E-state index contributed by atoms with van der Waals surface area (Å²) in [6.45, 7) is -1.39. The number of hydrogen-bond acceptors (Lipinski definition) is 4. The van der Waals surface area contributed by atoms with E-state index < -0.39 is 43.0 Å². The lowest BCUT2D eigenvalue weighted by atomic mass is 9.96. The van der Waals surface area contributed by atoms with Crippen molar-refractivity contribution < 1.29 is 37.4 Å². The lowest BCUT2D eigenvalue weighted by Gasteiger charge is -2.29. The van der Waals surface area contributed by atoms with E-state index >= 15 is 0 Å². The third kappa shape index (κ3) is 3.83. The second-order valence-electron chi connectivity index (χ2n) is 6.44. The van der Waals surface area contributed by atoms with Crippen LogP contribution in [0.1, 0.15) is 6.42 Å². The summed E-state index contributed by atoms with van der Waals surface area (Å²) in [5.41, 5.74) is 0.486. The minimum Gasteiger partial charge on any atom is -0.482 e. The fraction of sp³-hybridized carbons (Fsp3) is 0.471. The first-order chi connectivity index (χ1) is 12.7. The van der Waals surface area contributed by atoms with E-state index in [1.165, 1.54) is 4.90 Å². The molecule has 2 aliphatic rings. The Morgan fingerprint density at radius 3 is 2.56 bits per heavy atom. The quantitative estimate of drug-likeness (QED) is 0.848. The summed E-state index contributed by atoms with van der Waals surface area (Å²) in [7, 11) is 0. The number of alkyl halides is 3. The highest BCUT2D eigenvalue weighted by Crippen LogP contribution is 2.38. The van der Waals surface area contributed by atoms with E-state index in [9.17, 15) is 27.6 Å². The van der Waals surface area contributed by atoms with Crippen LogP contribution in [-0.2, 0) is 14.4 Å². The number of anilines is 1. The SMILES string of the molecule is O=C(O)[C@@H]1CN(C(=O)CCN2C(=O)COc3ccccc32)C[C@H]1C(F)(F)F. The van der Waals surface area contributed by atoms with Crippen LogP contribution in [0.15, 0.2) is 24.3 Å². The molecule has 146 valence electrons. The van der Waals surface area contributed by atoms with Gasteiger partial charge in [0.1, 0.15) is 5.75 Å². The maximum absolute atomic E-state index is 13.0. The number of amides is 2. The van der Waals surface area contributed by atoms with E-state index in [-0.39, 0.29) is 25.5 Å². The van der Waals surface area contributed by atoms with Gasteiger partial charge in [0.15, 0.2) is 6.61 Å². The zero-order chi connectivity index (χ0) is 19.8. The third-order valence-electron chi connectivity index (χ3n) is 4.77. The number of carboxylic acids is 1.